The van der Waals surface area contributed by atoms with Gasteiger partial charge in [-0.2, -0.15) is 0 Å². The van der Waals surface area contributed by atoms with Crippen LogP contribution in [0.25, 0.3) is 0 Å². The molecule has 0 fully saturated rings. The van der Waals surface area contributed by atoms with E-state index in [1.54, 1.807) is 7.11 Å². The highest BCUT2D eigenvalue weighted by Crippen LogP contribution is 2.36. The smallest absolute Gasteiger partial charge is 0.123 e. The van der Waals surface area contributed by atoms with Crippen molar-refractivity contribution in [3.63, 3.8) is 0 Å². The summed E-state index contributed by atoms with van der Waals surface area (Å²) in [7, 11) is 1.69. The Morgan fingerprint density at radius 1 is 1.24 bits per heavy atom. The van der Waals surface area contributed by atoms with Crippen LogP contribution in [-0.4, -0.2) is 18.6 Å². The van der Waals surface area contributed by atoms with E-state index in [1.165, 1.54) is 5.56 Å². The van der Waals surface area contributed by atoms with E-state index in [1.807, 2.05) is 42.7 Å². The first-order chi connectivity index (χ1) is 10.2. The molecule has 0 saturated heterocycles. The Morgan fingerprint density at radius 2 is 1.95 bits per heavy atom. The number of hydrogen-bond donors (Lipinski definition) is 1. The fourth-order valence-corrected chi connectivity index (χ4v) is 2.76. The van der Waals surface area contributed by atoms with Crippen molar-refractivity contribution in [2.24, 2.45) is 0 Å². The van der Waals surface area contributed by atoms with Crippen LogP contribution in [0.4, 0.5) is 0 Å². The number of rotatable bonds is 6. The molecule has 2 rings (SSSR count). The third kappa shape index (κ3) is 3.74. The van der Waals surface area contributed by atoms with Crippen molar-refractivity contribution < 1.29 is 4.74 Å². The maximum absolute atomic E-state index is 6.18. The average Bonchev–Trinajstić information content (AvgIpc) is 2.53. The minimum absolute atomic E-state index is 0.131. The SMILES string of the molecule is CCNC(c1cc(Cl)ccc1OC)C(C)c1ccncc1. The Hall–Kier alpha value is -1.58. The summed E-state index contributed by atoms with van der Waals surface area (Å²) in [6.45, 7) is 5.17. The molecule has 0 radical (unpaired) electrons. The van der Waals surface area contributed by atoms with Crippen molar-refractivity contribution in [3.05, 3.63) is 58.9 Å². The van der Waals surface area contributed by atoms with E-state index in [4.69, 9.17) is 16.3 Å². The summed E-state index contributed by atoms with van der Waals surface area (Å²) in [6, 6.07) is 9.97. The van der Waals surface area contributed by atoms with Gasteiger partial charge in [0.25, 0.3) is 0 Å². The Labute approximate surface area is 131 Å². The molecule has 1 aromatic carbocycles. The van der Waals surface area contributed by atoms with Gasteiger partial charge in [0.1, 0.15) is 5.75 Å². The number of nitrogens with zero attached hydrogens (tertiary/aromatic N) is 1. The van der Waals surface area contributed by atoms with Crippen LogP contribution < -0.4 is 10.1 Å². The van der Waals surface area contributed by atoms with Gasteiger partial charge in [0.2, 0.25) is 0 Å². The molecule has 2 unspecified atom stereocenters. The van der Waals surface area contributed by atoms with Crippen molar-refractivity contribution in [2.75, 3.05) is 13.7 Å². The first kappa shape index (κ1) is 15.8. The second-order valence-electron chi connectivity index (χ2n) is 4.99. The van der Waals surface area contributed by atoms with E-state index in [9.17, 15) is 0 Å². The Bertz CT molecular complexity index is 574. The van der Waals surface area contributed by atoms with Crippen molar-refractivity contribution in [3.8, 4) is 5.75 Å². The van der Waals surface area contributed by atoms with Crippen LogP contribution in [0.2, 0.25) is 5.02 Å². The number of aromatic nitrogens is 1. The standard InChI is InChI=1S/C17H21ClN2O/c1-4-20-17(12(2)13-7-9-19-10-8-13)15-11-14(18)5-6-16(15)21-3/h5-12,17,20H,4H2,1-3H3. The van der Waals surface area contributed by atoms with Gasteiger partial charge < -0.3 is 10.1 Å². The number of benzene rings is 1. The molecule has 0 amide bonds. The number of likely N-dealkylation sites (N-methyl/N-ethyl adjacent to an activating group) is 1. The van der Waals surface area contributed by atoms with Crippen LogP contribution in [0.1, 0.15) is 36.9 Å². The molecule has 3 nitrogen and oxygen atoms in total. The third-order valence-electron chi connectivity index (χ3n) is 3.68. The minimum Gasteiger partial charge on any atom is -0.496 e. The third-order valence-corrected chi connectivity index (χ3v) is 3.92. The Morgan fingerprint density at radius 3 is 2.57 bits per heavy atom. The Kier molecular flexibility index (Phi) is 5.59. The predicted octanol–water partition coefficient (Wildman–Crippen LogP) is 4.20. The normalized spacial score (nSPS) is 13.7. The first-order valence-electron chi connectivity index (χ1n) is 7.14. The number of nitrogens with one attached hydrogen (secondary N) is 1. The lowest BCUT2D eigenvalue weighted by atomic mass is 9.88. The van der Waals surface area contributed by atoms with E-state index >= 15 is 0 Å². The first-order valence-corrected chi connectivity index (χ1v) is 7.52. The van der Waals surface area contributed by atoms with Gasteiger partial charge in [-0.1, -0.05) is 25.4 Å². The van der Waals surface area contributed by atoms with Gasteiger partial charge in [-0.25, -0.2) is 0 Å². The van der Waals surface area contributed by atoms with Crippen LogP contribution >= 0.6 is 11.6 Å². The molecule has 4 heteroatoms. The zero-order valence-electron chi connectivity index (χ0n) is 12.6. The van der Waals surface area contributed by atoms with Gasteiger partial charge in [0.15, 0.2) is 0 Å². The molecule has 0 spiro atoms. The molecule has 1 N–H and O–H groups in total. The van der Waals surface area contributed by atoms with E-state index < -0.39 is 0 Å². The van der Waals surface area contributed by atoms with Gasteiger partial charge in [0.05, 0.1) is 7.11 Å². The van der Waals surface area contributed by atoms with Crippen LogP contribution in [0.3, 0.4) is 0 Å². The molecule has 0 bridgehead atoms. The summed E-state index contributed by atoms with van der Waals surface area (Å²) in [5.74, 6) is 1.13. The molecule has 1 aromatic heterocycles. The van der Waals surface area contributed by atoms with Gasteiger partial charge in [-0.15, -0.1) is 0 Å². The quantitative estimate of drug-likeness (QED) is 0.868. The second-order valence-corrected chi connectivity index (χ2v) is 5.43. The molecule has 0 aliphatic carbocycles. The number of pyridine rings is 1. The number of methoxy groups -OCH3 is 1. The maximum Gasteiger partial charge on any atom is 0.123 e. The highest BCUT2D eigenvalue weighted by Gasteiger charge is 2.23. The summed E-state index contributed by atoms with van der Waals surface area (Å²) < 4.78 is 5.50. The van der Waals surface area contributed by atoms with Crippen LogP contribution in [0, 0.1) is 0 Å². The van der Waals surface area contributed by atoms with Crippen molar-refractivity contribution >= 4 is 11.6 Å². The van der Waals surface area contributed by atoms with Gasteiger partial charge >= 0.3 is 0 Å². The summed E-state index contributed by atoms with van der Waals surface area (Å²) in [5.41, 5.74) is 2.31. The van der Waals surface area contributed by atoms with Gasteiger partial charge in [0, 0.05) is 34.9 Å². The minimum atomic E-state index is 0.131. The molecule has 2 aromatic rings. The number of hydrogen-bond acceptors (Lipinski definition) is 3. The average molecular weight is 305 g/mol. The molecule has 0 aliphatic rings. The highest BCUT2D eigenvalue weighted by atomic mass is 35.5. The van der Waals surface area contributed by atoms with Crippen LogP contribution in [0.5, 0.6) is 5.75 Å². The monoisotopic (exact) mass is 304 g/mol. The number of halogens is 1. The molecule has 112 valence electrons. The van der Waals surface area contributed by atoms with E-state index in [2.05, 4.69) is 24.1 Å². The second kappa shape index (κ2) is 7.43. The molecule has 1 heterocycles. The van der Waals surface area contributed by atoms with Crippen molar-refractivity contribution in [1.29, 1.82) is 0 Å². The molecular formula is C17H21ClN2O. The van der Waals surface area contributed by atoms with Gasteiger partial charge in [-0.3, -0.25) is 4.98 Å². The lowest BCUT2D eigenvalue weighted by Crippen LogP contribution is -2.26. The predicted molar refractivity (Wildman–Crippen MR) is 87.1 cm³/mol. The lowest BCUT2D eigenvalue weighted by molar-refractivity contribution is 0.390. The maximum atomic E-state index is 6.18. The molecule has 21 heavy (non-hydrogen) atoms. The number of ether oxygens (including phenoxy) is 1. The zero-order chi connectivity index (χ0) is 15.2. The summed E-state index contributed by atoms with van der Waals surface area (Å²) in [6.07, 6.45) is 3.65. The van der Waals surface area contributed by atoms with Crippen molar-refractivity contribution in [2.45, 2.75) is 25.8 Å². The summed E-state index contributed by atoms with van der Waals surface area (Å²) >= 11 is 6.18. The highest BCUT2D eigenvalue weighted by molar-refractivity contribution is 6.30. The summed E-state index contributed by atoms with van der Waals surface area (Å²) in [5, 5.41) is 4.26. The molecule has 2 atom stereocenters. The molecular weight excluding hydrogens is 284 g/mol. The molecule has 0 saturated carbocycles. The van der Waals surface area contributed by atoms with Crippen LogP contribution in [0.15, 0.2) is 42.7 Å². The fraction of sp³-hybridized carbons (Fsp3) is 0.353. The van der Waals surface area contributed by atoms with Gasteiger partial charge in [-0.05, 0) is 42.4 Å². The van der Waals surface area contributed by atoms with Crippen molar-refractivity contribution in [1.82, 2.24) is 10.3 Å². The van der Waals surface area contributed by atoms with Crippen LogP contribution in [-0.2, 0) is 0 Å². The van der Waals surface area contributed by atoms with E-state index in [0.717, 1.165) is 22.9 Å². The summed E-state index contributed by atoms with van der Waals surface area (Å²) in [4.78, 5) is 4.09. The lowest BCUT2D eigenvalue weighted by Gasteiger charge is -2.27. The van der Waals surface area contributed by atoms with E-state index in [-0.39, 0.29) is 12.0 Å². The fourth-order valence-electron chi connectivity index (χ4n) is 2.58. The largest absolute Gasteiger partial charge is 0.496 e. The van der Waals surface area contributed by atoms with E-state index in [0.29, 0.717) is 0 Å². The Balaban J connectivity index is 2.41. The topological polar surface area (TPSA) is 34.1 Å². The molecule has 0 aliphatic heterocycles. The zero-order valence-corrected chi connectivity index (χ0v) is 13.4.